The Hall–Kier alpha value is -3.06. The van der Waals surface area contributed by atoms with Gasteiger partial charge in [0.2, 0.25) is 0 Å². The van der Waals surface area contributed by atoms with Crippen molar-refractivity contribution in [1.82, 2.24) is 10.6 Å². The van der Waals surface area contributed by atoms with E-state index in [2.05, 4.69) is 10.6 Å². The molecule has 7 nitrogen and oxygen atoms in total. The number of amides is 2. The van der Waals surface area contributed by atoms with Gasteiger partial charge in [-0.3, -0.25) is 0 Å². The molecule has 2 amide bonds. The number of carbonyl (C=O) groups excluding carboxylic acids is 2. The Morgan fingerprint density at radius 2 is 1.39 bits per heavy atom. The minimum absolute atomic E-state index is 0.207. The molecule has 0 aromatic heterocycles. The summed E-state index contributed by atoms with van der Waals surface area (Å²) in [5.74, 6) is 0. The summed E-state index contributed by atoms with van der Waals surface area (Å²) in [6, 6.07) is 18.7. The van der Waals surface area contributed by atoms with E-state index in [1.165, 1.54) is 0 Å². The molecule has 150 valence electrons. The molecule has 0 saturated heterocycles. The van der Waals surface area contributed by atoms with Crippen LogP contribution in [0.25, 0.3) is 0 Å². The summed E-state index contributed by atoms with van der Waals surface area (Å²) >= 11 is 0. The number of carbonyl (C=O) groups is 2. The number of alkyl carbamates (subject to hydrolysis) is 2. The minimum Gasteiger partial charge on any atom is -0.445 e. The number of hydrogen-bond acceptors (Lipinski definition) is 5. The van der Waals surface area contributed by atoms with Gasteiger partial charge in [-0.1, -0.05) is 60.7 Å². The van der Waals surface area contributed by atoms with Crippen LogP contribution < -0.4 is 16.4 Å². The monoisotopic (exact) mass is 385 g/mol. The highest BCUT2D eigenvalue weighted by Crippen LogP contribution is 2.03. The van der Waals surface area contributed by atoms with Gasteiger partial charge in [-0.2, -0.15) is 0 Å². The molecule has 0 aliphatic heterocycles. The van der Waals surface area contributed by atoms with E-state index in [4.69, 9.17) is 15.2 Å². The lowest BCUT2D eigenvalue weighted by atomic mass is 10.1. The van der Waals surface area contributed by atoms with Crippen LogP contribution in [-0.2, 0) is 22.7 Å². The van der Waals surface area contributed by atoms with E-state index < -0.39 is 12.2 Å². The first-order valence-corrected chi connectivity index (χ1v) is 9.29. The quantitative estimate of drug-likeness (QED) is 0.546. The lowest BCUT2D eigenvalue weighted by molar-refractivity contribution is 0.134. The van der Waals surface area contributed by atoms with Crippen molar-refractivity contribution in [2.75, 3.05) is 13.1 Å². The van der Waals surface area contributed by atoms with Gasteiger partial charge in [-0.15, -0.1) is 0 Å². The van der Waals surface area contributed by atoms with Crippen molar-refractivity contribution in [3.8, 4) is 0 Å². The zero-order valence-corrected chi connectivity index (χ0v) is 15.8. The van der Waals surface area contributed by atoms with Crippen molar-refractivity contribution in [3.05, 3.63) is 71.8 Å². The standard InChI is InChI=1S/C21H27N3O4/c22-14-19(24-21(26)28-16-18-10-5-2-6-11-18)12-7-13-23-20(25)27-15-17-8-3-1-4-9-17/h1-6,8-11,19H,7,12-16,22H2,(H,23,25)(H,24,26)/t19-/m0/s1. The summed E-state index contributed by atoms with van der Waals surface area (Å²) in [6.45, 7) is 1.16. The zero-order valence-electron chi connectivity index (χ0n) is 15.8. The molecule has 28 heavy (non-hydrogen) atoms. The van der Waals surface area contributed by atoms with E-state index in [0.717, 1.165) is 11.1 Å². The summed E-state index contributed by atoms with van der Waals surface area (Å²) in [6.07, 6.45) is 0.301. The summed E-state index contributed by atoms with van der Waals surface area (Å²) in [5.41, 5.74) is 7.55. The fourth-order valence-corrected chi connectivity index (χ4v) is 2.49. The second-order valence-electron chi connectivity index (χ2n) is 6.27. The van der Waals surface area contributed by atoms with Gasteiger partial charge >= 0.3 is 12.2 Å². The molecule has 0 heterocycles. The van der Waals surface area contributed by atoms with Gasteiger partial charge in [0.25, 0.3) is 0 Å². The molecule has 2 aromatic rings. The minimum atomic E-state index is -0.505. The van der Waals surface area contributed by atoms with Gasteiger partial charge in [0, 0.05) is 19.1 Å². The Balaban J connectivity index is 1.57. The molecule has 0 spiro atoms. The van der Waals surface area contributed by atoms with E-state index in [9.17, 15) is 9.59 Å². The molecule has 0 saturated carbocycles. The van der Waals surface area contributed by atoms with Crippen molar-refractivity contribution in [2.45, 2.75) is 32.1 Å². The number of nitrogens with one attached hydrogen (secondary N) is 2. The second-order valence-corrected chi connectivity index (χ2v) is 6.27. The largest absolute Gasteiger partial charge is 0.445 e. The number of ether oxygens (including phenoxy) is 2. The summed E-state index contributed by atoms with van der Waals surface area (Å²) in [7, 11) is 0. The molecule has 0 aliphatic carbocycles. The van der Waals surface area contributed by atoms with Gasteiger partial charge in [0.1, 0.15) is 13.2 Å². The molecule has 0 unspecified atom stereocenters. The molecular weight excluding hydrogens is 358 g/mol. The summed E-state index contributed by atoms with van der Waals surface area (Å²) in [5, 5.41) is 5.43. The van der Waals surface area contributed by atoms with Crippen LogP contribution >= 0.6 is 0 Å². The van der Waals surface area contributed by atoms with Crippen molar-refractivity contribution in [2.24, 2.45) is 5.73 Å². The Kier molecular flexibility index (Phi) is 9.37. The Morgan fingerprint density at radius 3 is 1.93 bits per heavy atom. The van der Waals surface area contributed by atoms with Gasteiger partial charge in [0.15, 0.2) is 0 Å². The van der Waals surface area contributed by atoms with Crippen LogP contribution in [0.1, 0.15) is 24.0 Å². The second kappa shape index (κ2) is 12.3. The molecule has 2 aromatic carbocycles. The van der Waals surface area contributed by atoms with Crippen LogP contribution in [0, 0.1) is 0 Å². The SMILES string of the molecule is NC[C@H](CCCNC(=O)OCc1ccccc1)NC(=O)OCc1ccccc1. The maximum absolute atomic E-state index is 11.9. The first kappa shape index (κ1) is 21.2. The van der Waals surface area contributed by atoms with E-state index in [0.29, 0.717) is 25.9 Å². The van der Waals surface area contributed by atoms with Crippen LogP contribution in [0.5, 0.6) is 0 Å². The zero-order chi connectivity index (χ0) is 20.0. The molecule has 2 rings (SSSR count). The predicted molar refractivity (Wildman–Crippen MR) is 106 cm³/mol. The van der Waals surface area contributed by atoms with Crippen molar-refractivity contribution in [1.29, 1.82) is 0 Å². The molecule has 7 heteroatoms. The van der Waals surface area contributed by atoms with Gasteiger partial charge < -0.3 is 25.8 Å². The molecule has 4 N–H and O–H groups in total. The highest BCUT2D eigenvalue weighted by atomic mass is 16.6. The third-order valence-electron chi connectivity index (χ3n) is 4.03. The topological polar surface area (TPSA) is 103 Å². The fraction of sp³-hybridized carbons (Fsp3) is 0.333. The number of rotatable bonds is 10. The van der Waals surface area contributed by atoms with E-state index in [1.54, 1.807) is 0 Å². The Morgan fingerprint density at radius 1 is 0.857 bits per heavy atom. The van der Waals surface area contributed by atoms with Crippen LogP contribution in [0.4, 0.5) is 9.59 Å². The van der Waals surface area contributed by atoms with Gasteiger partial charge in [-0.25, -0.2) is 9.59 Å². The first-order valence-electron chi connectivity index (χ1n) is 9.29. The van der Waals surface area contributed by atoms with Crippen LogP contribution in [0.3, 0.4) is 0 Å². The van der Waals surface area contributed by atoms with Crippen molar-refractivity contribution in [3.63, 3.8) is 0 Å². The number of hydrogen-bond donors (Lipinski definition) is 3. The van der Waals surface area contributed by atoms with Crippen LogP contribution in [0.2, 0.25) is 0 Å². The van der Waals surface area contributed by atoms with Gasteiger partial charge in [0.05, 0.1) is 0 Å². The molecule has 0 radical (unpaired) electrons. The average molecular weight is 385 g/mol. The number of nitrogens with two attached hydrogens (primary N) is 1. The Bertz CT molecular complexity index is 710. The fourth-order valence-electron chi connectivity index (χ4n) is 2.49. The normalized spacial score (nSPS) is 11.3. The maximum Gasteiger partial charge on any atom is 0.407 e. The number of benzene rings is 2. The first-order chi connectivity index (χ1) is 13.7. The predicted octanol–water partition coefficient (Wildman–Crippen LogP) is 2.95. The maximum atomic E-state index is 11.9. The molecular formula is C21H27N3O4. The lowest BCUT2D eigenvalue weighted by Gasteiger charge is -2.17. The molecule has 0 aliphatic rings. The van der Waals surface area contributed by atoms with Crippen molar-refractivity contribution < 1.29 is 19.1 Å². The third-order valence-corrected chi connectivity index (χ3v) is 4.03. The molecule has 1 atom stereocenters. The average Bonchev–Trinajstić information content (AvgIpc) is 2.74. The lowest BCUT2D eigenvalue weighted by Crippen LogP contribution is -2.41. The van der Waals surface area contributed by atoms with Crippen LogP contribution in [0.15, 0.2) is 60.7 Å². The third kappa shape index (κ3) is 8.55. The van der Waals surface area contributed by atoms with E-state index in [-0.39, 0.29) is 19.3 Å². The van der Waals surface area contributed by atoms with Crippen LogP contribution in [-0.4, -0.2) is 31.3 Å². The van der Waals surface area contributed by atoms with Crippen molar-refractivity contribution >= 4 is 12.2 Å². The summed E-state index contributed by atoms with van der Waals surface area (Å²) < 4.78 is 10.3. The molecule has 0 fully saturated rings. The smallest absolute Gasteiger partial charge is 0.407 e. The Labute approximate surface area is 165 Å². The molecule has 0 bridgehead atoms. The van der Waals surface area contributed by atoms with Gasteiger partial charge in [-0.05, 0) is 24.0 Å². The summed E-state index contributed by atoms with van der Waals surface area (Å²) in [4.78, 5) is 23.5. The van der Waals surface area contributed by atoms with E-state index >= 15 is 0 Å². The van der Waals surface area contributed by atoms with E-state index in [1.807, 2.05) is 60.7 Å². The highest BCUT2D eigenvalue weighted by molar-refractivity contribution is 5.67. The highest BCUT2D eigenvalue weighted by Gasteiger charge is 2.12.